The number of ether oxygens (including phenoxy) is 1. The maximum Gasteiger partial charge on any atom is 0.252 e. The predicted octanol–water partition coefficient (Wildman–Crippen LogP) is 3.87. The Morgan fingerprint density at radius 1 is 1.19 bits per heavy atom. The standard InChI is InChI=1S/C22H23BrFN3O4/c1-31-19-8-6-15(13-18(19)27-11-3-2-4-21(27)29)26-20(28)9-10-25-22(30)16-12-14(24)5-7-17(16)23/h5-8,12-13H,2-4,9-11H2,1H3,(H,25,30)(H,26,28). The van der Waals surface area contributed by atoms with Crippen LogP contribution in [0, 0.1) is 5.82 Å². The van der Waals surface area contributed by atoms with Crippen LogP contribution < -0.4 is 20.3 Å². The molecule has 0 aromatic heterocycles. The van der Waals surface area contributed by atoms with Gasteiger partial charge in [-0.3, -0.25) is 14.4 Å². The third-order valence-corrected chi connectivity index (χ3v) is 5.58. The Morgan fingerprint density at radius 2 is 2.00 bits per heavy atom. The second-order valence-electron chi connectivity index (χ2n) is 7.07. The molecule has 1 aliphatic heterocycles. The highest BCUT2D eigenvalue weighted by atomic mass is 79.9. The summed E-state index contributed by atoms with van der Waals surface area (Å²) in [5.74, 6) is -0.719. The number of rotatable bonds is 7. The van der Waals surface area contributed by atoms with Crippen molar-refractivity contribution in [1.29, 1.82) is 0 Å². The minimum atomic E-state index is -0.520. The van der Waals surface area contributed by atoms with Gasteiger partial charge in [0, 0.05) is 36.1 Å². The van der Waals surface area contributed by atoms with Crippen molar-refractivity contribution in [2.45, 2.75) is 25.7 Å². The average Bonchev–Trinajstić information content (AvgIpc) is 2.75. The first-order valence-electron chi connectivity index (χ1n) is 9.90. The number of nitrogens with zero attached hydrogens (tertiary/aromatic N) is 1. The van der Waals surface area contributed by atoms with Gasteiger partial charge in [-0.25, -0.2) is 4.39 Å². The van der Waals surface area contributed by atoms with E-state index in [4.69, 9.17) is 4.74 Å². The van der Waals surface area contributed by atoms with Crippen LogP contribution in [0.25, 0.3) is 0 Å². The van der Waals surface area contributed by atoms with Crippen molar-refractivity contribution >= 4 is 45.0 Å². The molecule has 0 unspecified atom stereocenters. The second-order valence-corrected chi connectivity index (χ2v) is 7.92. The minimum Gasteiger partial charge on any atom is -0.495 e. The first-order valence-corrected chi connectivity index (χ1v) is 10.7. The van der Waals surface area contributed by atoms with E-state index < -0.39 is 11.7 Å². The molecule has 3 amide bonds. The number of piperidine rings is 1. The lowest BCUT2D eigenvalue weighted by Crippen LogP contribution is -2.35. The molecule has 164 valence electrons. The third kappa shape index (κ3) is 5.81. The summed E-state index contributed by atoms with van der Waals surface area (Å²) in [7, 11) is 1.53. The van der Waals surface area contributed by atoms with E-state index in [1.54, 1.807) is 23.1 Å². The Kier molecular flexibility index (Phi) is 7.62. The highest BCUT2D eigenvalue weighted by molar-refractivity contribution is 9.10. The molecule has 0 atom stereocenters. The Balaban J connectivity index is 1.59. The maximum atomic E-state index is 13.3. The van der Waals surface area contributed by atoms with E-state index in [1.807, 2.05) is 0 Å². The lowest BCUT2D eigenvalue weighted by molar-refractivity contribution is -0.119. The molecule has 2 N–H and O–H groups in total. The number of carbonyl (C=O) groups is 3. The summed E-state index contributed by atoms with van der Waals surface area (Å²) in [5.41, 5.74) is 1.30. The van der Waals surface area contributed by atoms with Gasteiger partial charge in [-0.1, -0.05) is 0 Å². The zero-order valence-corrected chi connectivity index (χ0v) is 18.6. The molecule has 2 aromatic rings. The van der Waals surface area contributed by atoms with Gasteiger partial charge in [0.25, 0.3) is 5.91 Å². The van der Waals surface area contributed by atoms with Gasteiger partial charge in [0.15, 0.2) is 0 Å². The second kappa shape index (κ2) is 10.4. The normalized spacial score (nSPS) is 13.6. The van der Waals surface area contributed by atoms with Crippen LogP contribution in [0.15, 0.2) is 40.9 Å². The van der Waals surface area contributed by atoms with Crippen LogP contribution in [0.5, 0.6) is 5.75 Å². The molecule has 0 saturated carbocycles. The highest BCUT2D eigenvalue weighted by Crippen LogP contribution is 2.33. The van der Waals surface area contributed by atoms with Crippen LogP contribution in [0.4, 0.5) is 15.8 Å². The molecule has 1 aliphatic rings. The van der Waals surface area contributed by atoms with Crippen molar-refractivity contribution in [3.8, 4) is 5.75 Å². The first-order chi connectivity index (χ1) is 14.9. The Labute approximate surface area is 188 Å². The van der Waals surface area contributed by atoms with Crippen LogP contribution in [0.2, 0.25) is 0 Å². The van der Waals surface area contributed by atoms with Crippen molar-refractivity contribution in [2.75, 3.05) is 30.4 Å². The number of carbonyl (C=O) groups excluding carboxylic acids is 3. The lowest BCUT2D eigenvalue weighted by Gasteiger charge is -2.28. The van der Waals surface area contributed by atoms with Crippen LogP contribution in [-0.4, -0.2) is 37.9 Å². The van der Waals surface area contributed by atoms with Crippen molar-refractivity contribution in [2.24, 2.45) is 0 Å². The predicted molar refractivity (Wildman–Crippen MR) is 119 cm³/mol. The first kappa shape index (κ1) is 22.7. The van der Waals surface area contributed by atoms with E-state index >= 15 is 0 Å². The zero-order valence-electron chi connectivity index (χ0n) is 17.0. The molecule has 0 spiro atoms. The number of hydrogen-bond acceptors (Lipinski definition) is 4. The quantitative estimate of drug-likeness (QED) is 0.615. The SMILES string of the molecule is COc1ccc(NC(=O)CCNC(=O)c2cc(F)ccc2Br)cc1N1CCCCC1=O. The molecule has 1 heterocycles. The maximum absolute atomic E-state index is 13.3. The highest BCUT2D eigenvalue weighted by Gasteiger charge is 2.23. The van der Waals surface area contributed by atoms with Gasteiger partial charge in [-0.2, -0.15) is 0 Å². The fourth-order valence-corrected chi connectivity index (χ4v) is 3.75. The molecule has 0 radical (unpaired) electrons. The summed E-state index contributed by atoms with van der Waals surface area (Å²) in [6, 6.07) is 8.93. The molecule has 3 rings (SSSR count). The zero-order chi connectivity index (χ0) is 22.4. The third-order valence-electron chi connectivity index (χ3n) is 4.89. The molecule has 0 aliphatic carbocycles. The summed E-state index contributed by atoms with van der Waals surface area (Å²) in [4.78, 5) is 38.5. The fraction of sp³-hybridized carbons (Fsp3) is 0.318. The number of halogens is 2. The number of benzene rings is 2. The molecule has 31 heavy (non-hydrogen) atoms. The Bertz CT molecular complexity index is 999. The molecule has 9 heteroatoms. The van der Waals surface area contributed by atoms with Crippen molar-refractivity contribution < 1.29 is 23.5 Å². The molecule has 2 aromatic carbocycles. The molecule has 1 saturated heterocycles. The number of methoxy groups -OCH3 is 1. The molecular weight excluding hydrogens is 469 g/mol. The van der Waals surface area contributed by atoms with Gasteiger partial charge < -0.3 is 20.3 Å². The summed E-state index contributed by atoms with van der Waals surface area (Å²) in [5, 5.41) is 5.37. The molecule has 7 nitrogen and oxygen atoms in total. The van der Waals surface area contributed by atoms with Crippen LogP contribution in [-0.2, 0) is 9.59 Å². The van der Waals surface area contributed by atoms with E-state index in [0.29, 0.717) is 34.6 Å². The van der Waals surface area contributed by atoms with E-state index in [9.17, 15) is 18.8 Å². The summed E-state index contributed by atoms with van der Waals surface area (Å²) >= 11 is 3.21. The summed E-state index contributed by atoms with van der Waals surface area (Å²) in [6.45, 7) is 0.690. The van der Waals surface area contributed by atoms with Crippen molar-refractivity contribution in [3.05, 3.63) is 52.3 Å². The number of amides is 3. The van der Waals surface area contributed by atoms with Gasteiger partial charge >= 0.3 is 0 Å². The number of anilines is 2. The van der Waals surface area contributed by atoms with E-state index in [0.717, 1.165) is 18.9 Å². The van der Waals surface area contributed by atoms with Gasteiger partial charge in [-0.05, 0) is 65.2 Å². The van der Waals surface area contributed by atoms with Gasteiger partial charge in [0.05, 0.1) is 18.4 Å². The Hall–Kier alpha value is -2.94. The van der Waals surface area contributed by atoms with E-state index in [-0.39, 0.29) is 30.3 Å². The molecule has 1 fully saturated rings. The largest absolute Gasteiger partial charge is 0.495 e. The molecule has 0 bridgehead atoms. The van der Waals surface area contributed by atoms with Crippen LogP contribution in [0.1, 0.15) is 36.0 Å². The van der Waals surface area contributed by atoms with Crippen LogP contribution >= 0.6 is 15.9 Å². The van der Waals surface area contributed by atoms with Crippen molar-refractivity contribution in [1.82, 2.24) is 5.32 Å². The summed E-state index contributed by atoms with van der Waals surface area (Å²) in [6.07, 6.45) is 2.29. The average molecular weight is 492 g/mol. The minimum absolute atomic E-state index is 0.0271. The van der Waals surface area contributed by atoms with Gasteiger partial charge in [0.2, 0.25) is 11.8 Å². The molecular formula is C22H23BrFN3O4. The monoisotopic (exact) mass is 491 g/mol. The Morgan fingerprint density at radius 3 is 2.74 bits per heavy atom. The topological polar surface area (TPSA) is 87.7 Å². The smallest absolute Gasteiger partial charge is 0.252 e. The van der Waals surface area contributed by atoms with Crippen LogP contribution in [0.3, 0.4) is 0 Å². The number of hydrogen-bond donors (Lipinski definition) is 2. The fourth-order valence-electron chi connectivity index (χ4n) is 3.32. The van der Waals surface area contributed by atoms with Crippen molar-refractivity contribution in [3.63, 3.8) is 0 Å². The summed E-state index contributed by atoms with van der Waals surface area (Å²) < 4.78 is 19.2. The van der Waals surface area contributed by atoms with E-state index in [2.05, 4.69) is 26.6 Å². The van der Waals surface area contributed by atoms with Gasteiger partial charge in [-0.15, -0.1) is 0 Å². The lowest BCUT2D eigenvalue weighted by atomic mass is 10.1. The van der Waals surface area contributed by atoms with Gasteiger partial charge in [0.1, 0.15) is 11.6 Å². The number of nitrogens with one attached hydrogen (secondary N) is 2. The van der Waals surface area contributed by atoms with E-state index in [1.165, 1.54) is 19.2 Å².